The van der Waals surface area contributed by atoms with E-state index in [4.69, 9.17) is 9.47 Å². The first kappa shape index (κ1) is 17.0. The fraction of sp³-hybridized carbons (Fsp3) is 0.786. The lowest BCUT2D eigenvalue weighted by atomic mass is 9.95. The van der Waals surface area contributed by atoms with Crippen molar-refractivity contribution in [1.29, 1.82) is 0 Å². The highest BCUT2D eigenvalue weighted by Gasteiger charge is 2.62. The van der Waals surface area contributed by atoms with Gasteiger partial charge in [-0.2, -0.15) is 13.2 Å². The number of ether oxygens (including phenoxy) is 2. The Balaban J connectivity index is 1.63. The van der Waals surface area contributed by atoms with Crippen molar-refractivity contribution in [2.75, 3.05) is 26.3 Å². The summed E-state index contributed by atoms with van der Waals surface area (Å²) in [5, 5.41) is 7.49. The third-order valence-electron chi connectivity index (χ3n) is 4.11. The molecule has 2 fully saturated rings. The molecule has 3 heterocycles. The zero-order valence-corrected chi connectivity index (χ0v) is 13.6. The van der Waals surface area contributed by atoms with Crippen LogP contribution in [0.5, 0.6) is 0 Å². The molecule has 3 rings (SSSR count). The zero-order valence-electron chi connectivity index (χ0n) is 13.6. The van der Waals surface area contributed by atoms with Crippen molar-refractivity contribution < 1.29 is 27.4 Å². The number of hydrogen-bond acceptors (Lipinski definition) is 5. The summed E-state index contributed by atoms with van der Waals surface area (Å²) in [7, 11) is 0. The van der Waals surface area contributed by atoms with Crippen LogP contribution in [-0.4, -0.2) is 64.1 Å². The van der Waals surface area contributed by atoms with Gasteiger partial charge < -0.3 is 14.4 Å². The highest BCUT2D eigenvalue weighted by molar-refractivity contribution is 5.69. The fourth-order valence-electron chi connectivity index (χ4n) is 2.54. The van der Waals surface area contributed by atoms with Crippen LogP contribution >= 0.6 is 0 Å². The quantitative estimate of drug-likeness (QED) is 0.816. The maximum absolute atomic E-state index is 13.2. The zero-order chi connectivity index (χ0) is 17.8. The Hall–Kier alpha value is -1.84. The molecule has 0 bridgehead atoms. The Morgan fingerprint density at radius 1 is 1.33 bits per heavy atom. The molecule has 0 unspecified atom stereocenters. The number of nitrogens with zero attached hydrogens (tertiary/aromatic N) is 4. The van der Waals surface area contributed by atoms with E-state index in [1.165, 1.54) is 11.1 Å². The summed E-state index contributed by atoms with van der Waals surface area (Å²) in [6, 6.07) is 0. The van der Waals surface area contributed by atoms with Gasteiger partial charge in [-0.05, 0) is 20.8 Å². The number of hydrogen-bond donors (Lipinski definition) is 0. The molecule has 1 amide bonds. The topological polar surface area (TPSA) is 69.5 Å². The molecule has 10 heteroatoms. The summed E-state index contributed by atoms with van der Waals surface area (Å²) in [6.45, 7) is 5.08. The first-order chi connectivity index (χ1) is 11.0. The Morgan fingerprint density at radius 2 is 1.96 bits per heavy atom. The molecule has 24 heavy (non-hydrogen) atoms. The first-order valence-electron chi connectivity index (χ1n) is 7.57. The molecule has 2 saturated heterocycles. The van der Waals surface area contributed by atoms with Gasteiger partial charge in [-0.1, -0.05) is 5.21 Å². The van der Waals surface area contributed by atoms with E-state index in [0.717, 1.165) is 4.68 Å². The molecule has 2 aliphatic rings. The van der Waals surface area contributed by atoms with Crippen molar-refractivity contribution in [1.82, 2.24) is 19.9 Å². The van der Waals surface area contributed by atoms with E-state index in [0.29, 0.717) is 18.8 Å². The molecule has 0 aliphatic carbocycles. The van der Waals surface area contributed by atoms with E-state index in [2.05, 4.69) is 10.3 Å². The third-order valence-corrected chi connectivity index (χ3v) is 4.11. The Kier molecular flexibility index (Phi) is 3.78. The Bertz CT molecular complexity index is 628. The average Bonchev–Trinajstić information content (AvgIpc) is 2.69. The van der Waals surface area contributed by atoms with Crippen LogP contribution < -0.4 is 0 Å². The van der Waals surface area contributed by atoms with Crippen molar-refractivity contribution in [2.24, 2.45) is 0 Å². The van der Waals surface area contributed by atoms with Crippen LogP contribution in [0.4, 0.5) is 18.0 Å². The van der Waals surface area contributed by atoms with Gasteiger partial charge in [0.15, 0.2) is 0 Å². The van der Waals surface area contributed by atoms with Gasteiger partial charge in [-0.15, -0.1) is 5.10 Å². The van der Waals surface area contributed by atoms with Crippen LogP contribution in [-0.2, 0) is 15.0 Å². The minimum Gasteiger partial charge on any atom is -0.444 e. The molecule has 7 nitrogen and oxygen atoms in total. The van der Waals surface area contributed by atoms with Crippen LogP contribution in [0.25, 0.3) is 0 Å². The summed E-state index contributed by atoms with van der Waals surface area (Å²) in [4.78, 5) is 13.4. The second kappa shape index (κ2) is 5.33. The van der Waals surface area contributed by atoms with E-state index in [9.17, 15) is 18.0 Å². The molecule has 134 valence electrons. The molecule has 1 aromatic heterocycles. The van der Waals surface area contributed by atoms with Crippen molar-refractivity contribution in [3.8, 4) is 0 Å². The van der Waals surface area contributed by atoms with Gasteiger partial charge in [-0.3, -0.25) is 0 Å². The number of amides is 1. The fourth-order valence-corrected chi connectivity index (χ4v) is 2.54. The monoisotopic (exact) mass is 348 g/mol. The van der Waals surface area contributed by atoms with Crippen molar-refractivity contribution in [3.05, 3.63) is 11.9 Å². The van der Waals surface area contributed by atoms with Crippen LogP contribution in [0, 0.1) is 0 Å². The van der Waals surface area contributed by atoms with Crippen LogP contribution in [0.2, 0.25) is 0 Å². The van der Waals surface area contributed by atoms with Gasteiger partial charge in [-0.25, -0.2) is 9.48 Å². The molecular weight excluding hydrogens is 329 g/mol. The smallest absolute Gasteiger partial charge is 0.418 e. The van der Waals surface area contributed by atoms with E-state index in [-0.39, 0.29) is 5.92 Å². The van der Waals surface area contributed by atoms with Gasteiger partial charge >= 0.3 is 12.3 Å². The van der Waals surface area contributed by atoms with Crippen molar-refractivity contribution in [2.45, 2.75) is 44.0 Å². The lowest BCUT2D eigenvalue weighted by Crippen LogP contribution is -2.61. The van der Waals surface area contributed by atoms with Crippen molar-refractivity contribution >= 4 is 6.09 Å². The van der Waals surface area contributed by atoms with Crippen LogP contribution in [0.15, 0.2) is 6.20 Å². The van der Waals surface area contributed by atoms with E-state index in [1.54, 1.807) is 20.8 Å². The SMILES string of the molecule is CC(C)(C)OC(=O)N1CC(c2cn(C3(C(F)(F)F)COC3)nn2)C1. The van der Waals surface area contributed by atoms with Crippen LogP contribution in [0.1, 0.15) is 32.4 Å². The summed E-state index contributed by atoms with van der Waals surface area (Å²) >= 11 is 0. The Morgan fingerprint density at radius 3 is 2.42 bits per heavy atom. The minimum atomic E-state index is -4.46. The number of alkyl halides is 3. The normalized spacial score (nSPS) is 21.2. The number of rotatable bonds is 2. The molecular formula is C14H19F3N4O3. The van der Waals surface area contributed by atoms with Gasteiger partial charge in [0.05, 0.1) is 25.1 Å². The largest absolute Gasteiger partial charge is 0.444 e. The van der Waals surface area contributed by atoms with E-state index in [1.807, 2.05) is 0 Å². The maximum Gasteiger partial charge on any atom is 0.418 e. The highest BCUT2D eigenvalue weighted by atomic mass is 19.4. The standard InChI is InChI=1S/C14H19F3N4O3/c1-12(2,3)24-11(22)20-4-9(5-20)10-6-21(19-18-10)13(7-23-8-13)14(15,16)17/h6,9H,4-5,7-8H2,1-3H3. The molecule has 0 aromatic carbocycles. The van der Waals surface area contributed by atoms with Gasteiger partial charge in [0.2, 0.25) is 5.54 Å². The van der Waals surface area contributed by atoms with Gasteiger partial charge in [0, 0.05) is 19.0 Å². The second-order valence-electron chi connectivity index (χ2n) is 7.19. The number of aromatic nitrogens is 3. The predicted molar refractivity (Wildman–Crippen MR) is 75.4 cm³/mol. The molecule has 2 aliphatic heterocycles. The van der Waals surface area contributed by atoms with Gasteiger partial charge in [0.1, 0.15) is 5.60 Å². The molecule has 0 radical (unpaired) electrons. The molecule has 0 N–H and O–H groups in total. The molecule has 1 aromatic rings. The minimum absolute atomic E-state index is 0.141. The molecule has 0 spiro atoms. The van der Waals surface area contributed by atoms with Crippen molar-refractivity contribution in [3.63, 3.8) is 0 Å². The second-order valence-corrected chi connectivity index (χ2v) is 7.19. The summed E-state index contributed by atoms with van der Waals surface area (Å²) < 4.78 is 50.5. The van der Waals surface area contributed by atoms with E-state index >= 15 is 0 Å². The average molecular weight is 348 g/mol. The number of likely N-dealkylation sites (tertiary alicyclic amines) is 1. The number of carbonyl (C=O) groups excluding carboxylic acids is 1. The summed E-state index contributed by atoms with van der Waals surface area (Å²) in [5.41, 5.74) is -2.29. The van der Waals surface area contributed by atoms with Crippen LogP contribution in [0.3, 0.4) is 0 Å². The number of carbonyl (C=O) groups is 1. The third kappa shape index (κ3) is 2.83. The predicted octanol–water partition coefficient (Wildman–Crippen LogP) is 1.90. The first-order valence-corrected chi connectivity index (χ1v) is 7.57. The number of halogens is 3. The molecule has 0 saturated carbocycles. The van der Waals surface area contributed by atoms with Gasteiger partial charge in [0.25, 0.3) is 0 Å². The summed E-state index contributed by atoms with van der Waals surface area (Å²) in [5.74, 6) is -0.141. The highest BCUT2D eigenvalue weighted by Crippen LogP contribution is 2.42. The van der Waals surface area contributed by atoms with E-state index < -0.39 is 36.6 Å². The lowest BCUT2D eigenvalue weighted by molar-refractivity contribution is -0.294. The molecule has 0 atom stereocenters. The Labute approximate surface area is 136 Å². The maximum atomic E-state index is 13.2. The lowest BCUT2D eigenvalue weighted by Gasteiger charge is -2.42. The summed E-state index contributed by atoms with van der Waals surface area (Å²) in [6.07, 6.45) is -3.60.